The fourth-order valence-corrected chi connectivity index (χ4v) is 4.13. The monoisotopic (exact) mass is 345 g/mol. The quantitative estimate of drug-likeness (QED) is 0.894. The summed E-state index contributed by atoms with van der Waals surface area (Å²) in [5.41, 5.74) is 1.07. The van der Waals surface area contributed by atoms with Gasteiger partial charge in [-0.2, -0.15) is 0 Å². The summed E-state index contributed by atoms with van der Waals surface area (Å²) in [6, 6.07) is 1.21. The Balaban J connectivity index is 1.55. The van der Waals surface area contributed by atoms with Crippen LogP contribution in [0, 0.1) is 0 Å². The van der Waals surface area contributed by atoms with Crippen LogP contribution >= 0.6 is 0 Å². The molecule has 0 unspecified atom stereocenters. The Labute approximate surface area is 148 Å². The molecule has 7 nitrogen and oxygen atoms in total. The van der Waals surface area contributed by atoms with Crippen molar-refractivity contribution in [2.75, 3.05) is 26.3 Å². The molecule has 2 saturated heterocycles. The van der Waals surface area contributed by atoms with Gasteiger partial charge in [-0.3, -0.25) is 4.90 Å². The Hall–Kier alpha value is -1.70. The lowest BCUT2D eigenvalue weighted by atomic mass is 10.1. The van der Waals surface area contributed by atoms with Crippen molar-refractivity contribution in [3.63, 3.8) is 0 Å². The van der Waals surface area contributed by atoms with Gasteiger partial charge in [0.15, 0.2) is 5.82 Å². The molecule has 0 aromatic carbocycles. The van der Waals surface area contributed by atoms with Crippen molar-refractivity contribution in [2.24, 2.45) is 0 Å². The lowest BCUT2D eigenvalue weighted by molar-refractivity contribution is -0.0567. The molecule has 0 saturated carbocycles. The van der Waals surface area contributed by atoms with Gasteiger partial charge in [0.2, 0.25) is 0 Å². The van der Waals surface area contributed by atoms with Crippen LogP contribution < -0.4 is 0 Å². The van der Waals surface area contributed by atoms with E-state index in [1.165, 1.54) is 0 Å². The number of rotatable bonds is 5. The van der Waals surface area contributed by atoms with Crippen LogP contribution in [0.25, 0.3) is 11.5 Å². The van der Waals surface area contributed by atoms with Crippen molar-refractivity contribution in [2.45, 2.75) is 50.9 Å². The van der Waals surface area contributed by atoms with Gasteiger partial charge in [-0.1, -0.05) is 0 Å². The van der Waals surface area contributed by atoms with E-state index < -0.39 is 0 Å². The SMILES string of the molecule is CC(C)n1cncc1-c1nccn1[C@H]1C[C@H]2CO[C@@H](CCO)CN2C1. The topological polar surface area (TPSA) is 68.3 Å². The van der Waals surface area contributed by atoms with Crippen molar-refractivity contribution in [3.8, 4) is 11.5 Å². The van der Waals surface area contributed by atoms with Crippen molar-refractivity contribution in [1.29, 1.82) is 0 Å². The highest BCUT2D eigenvalue weighted by Crippen LogP contribution is 2.34. The molecule has 0 aliphatic carbocycles. The molecule has 2 aromatic rings. The number of hydrogen-bond acceptors (Lipinski definition) is 5. The summed E-state index contributed by atoms with van der Waals surface area (Å²) < 4.78 is 10.4. The Morgan fingerprint density at radius 2 is 2.20 bits per heavy atom. The first-order chi connectivity index (χ1) is 12.2. The van der Waals surface area contributed by atoms with Gasteiger partial charge in [0, 0.05) is 50.2 Å². The van der Waals surface area contributed by atoms with Crippen molar-refractivity contribution in [3.05, 3.63) is 24.9 Å². The number of fused-ring (bicyclic) bond motifs is 1. The molecule has 0 radical (unpaired) electrons. The van der Waals surface area contributed by atoms with Gasteiger partial charge in [0.25, 0.3) is 0 Å². The molecule has 2 aliphatic heterocycles. The fourth-order valence-electron chi connectivity index (χ4n) is 4.13. The average molecular weight is 345 g/mol. The zero-order chi connectivity index (χ0) is 17.4. The molecular weight excluding hydrogens is 318 g/mol. The Kier molecular flexibility index (Phi) is 4.62. The summed E-state index contributed by atoms with van der Waals surface area (Å²) in [5.74, 6) is 0.990. The largest absolute Gasteiger partial charge is 0.396 e. The molecule has 4 rings (SSSR count). The summed E-state index contributed by atoms with van der Waals surface area (Å²) in [5, 5.41) is 9.15. The first kappa shape index (κ1) is 16.8. The van der Waals surface area contributed by atoms with E-state index in [9.17, 15) is 0 Å². The summed E-state index contributed by atoms with van der Waals surface area (Å²) in [7, 11) is 0. The molecule has 2 aliphatic rings. The Morgan fingerprint density at radius 1 is 1.32 bits per heavy atom. The predicted octanol–water partition coefficient (Wildman–Crippen LogP) is 1.72. The third-order valence-corrected chi connectivity index (χ3v) is 5.43. The molecule has 2 fully saturated rings. The summed E-state index contributed by atoms with van der Waals surface area (Å²) in [4.78, 5) is 11.5. The number of aliphatic hydroxyl groups excluding tert-OH is 1. The number of aliphatic hydroxyl groups is 1. The van der Waals surface area contributed by atoms with Gasteiger partial charge in [-0.05, 0) is 26.7 Å². The second-order valence-corrected chi connectivity index (χ2v) is 7.40. The third-order valence-electron chi connectivity index (χ3n) is 5.43. The number of aromatic nitrogens is 4. The van der Waals surface area contributed by atoms with Crippen LogP contribution in [-0.4, -0.2) is 67.6 Å². The normalized spacial score (nSPS) is 27.1. The molecule has 25 heavy (non-hydrogen) atoms. The van der Waals surface area contributed by atoms with E-state index in [1.807, 2.05) is 18.7 Å². The zero-order valence-electron chi connectivity index (χ0n) is 15.0. The molecule has 4 heterocycles. The van der Waals surface area contributed by atoms with Gasteiger partial charge in [-0.15, -0.1) is 0 Å². The van der Waals surface area contributed by atoms with Gasteiger partial charge >= 0.3 is 0 Å². The van der Waals surface area contributed by atoms with E-state index in [2.05, 4.69) is 44.0 Å². The summed E-state index contributed by atoms with van der Waals surface area (Å²) in [6.45, 7) is 7.19. The molecular formula is C18H27N5O2. The number of nitrogens with zero attached hydrogens (tertiary/aromatic N) is 5. The van der Waals surface area contributed by atoms with Crippen molar-refractivity contribution < 1.29 is 9.84 Å². The van der Waals surface area contributed by atoms with Crippen LogP contribution in [0.4, 0.5) is 0 Å². The standard InChI is InChI=1S/C18H27N5O2/c1-13(2)23-12-19-8-17(23)18-20-4-5-22(18)14-7-15-11-25-16(3-6-24)10-21(15)9-14/h4-5,8,12-16,24H,3,6-7,9-11H2,1-2H3/t14-,15-,16-/m0/s1. The average Bonchev–Trinajstić information content (AvgIpc) is 3.31. The lowest BCUT2D eigenvalue weighted by Crippen LogP contribution is -2.46. The summed E-state index contributed by atoms with van der Waals surface area (Å²) in [6.07, 6.45) is 9.70. The maximum absolute atomic E-state index is 9.15. The highest BCUT2D eigenvalue weighted by atomic mass is 16.5. The van der Waals surface area contributed by atoms with Gasteiger partial charge in [0.1, 0.15) is 5.69 Å². The van der Waals surface area contributed by atoms with E-state index in [1.54, 1.807) is 0 Å². The third kappa shape index (κ3) is 3.12. The lowest BCUT2D eigenvalue weighted by Gasteiger charge is -2.34. The van der Waals surface area contributed by atoms with E-state index in [4.69, 9.17) is 9.84 Å². The zero-order valence-corrected chi connectivity index (χ0v) is 15.0. The summed E-state index contributed by atoms with van der Waals surface area (Å²) >= 11 is 0. The fraction of sp³-hybridized carbons (Fsp3) is 0.667. The van der Waals surface area contributed by atoms with E-state index in [0.29, 0.717) is 18.1 Å². The van der Waals surface area contributed by atoms with Crippen LogP contribution in [0.1, 0.15) is 38.8 Å². The second-order valence-electron chi connectivity index (χ2n) is 7.40. The van der Waals surface area contributed by atoms with E-state index in [-0.39, 0.29) is 12.7 Å². The van der Waals surface area contributed by atoms with Crippen molar-refractivity contribution >= 4 is 0 Å². The molecule has 1 N–H and O–H groups in total. The smallest absolute Gasteiger partial charge is 0.158 e. The number of hydrogen-bond donors (Lipinski definition) is 1. The van der Waals surface area contributed by atoms with Gasteiger partial charge < -0.3 is 19.0 Å². The molecule has 136 valence electrons. The van der Waals surface area contributed by atoms with Crippen LogP contribution in [0.15, 0.2) is 24.9 Å². The number of morpholine rings is 1. The molecule has 7 heteroatoms. The first-order valence-electron chi connectivity index (χ1n) is 9.19. The number of imidazole rings is 2. The first-order valence-corrected chi connectivity index (χ1v) is 9.19. The van der Waals surface area contributed by atoms with E-state index in [0.717, 1.165) is 44.1 Å². The molecule has 0 amide bonds. The Bertz CT molecular complexity index is 710. The predicted molar refractivity (Wildman–Crippen MR) is 94.3 cm³/mol. The highest BCUT2D eigenvalue weighted by molar-refractivity contribution is 5.50. The van der Waals surface area contributed by atoms with Gasteiger partial charge in [-0.25, -0.2) is 9.97 Å². The van der Waals surface area contributed by atoms with Crippen LogP contribution in [-0.2, 0) is 4.74 Å². The minimum atomic E-state index is 0.157. The molecule has 2 aromatic heterocycles. The maximum Gasteiger partial charge on any atom is 0.158 e. The highest BCUT2D eigenvalue weighted by Gasteiger charge is 2.38. The second kappa shape index (κ2) is 6.90. The molecule has 0 spiro atoms. The van der Waals surface area contributed by atoms with Crippen LogP contribution in [0.5, 0.6) is 0 Å². The minimum Gasteiger partial charge on any atom is -0.396 e. The molecule has 3 atom stereocenters. The van der Waals surface area contributed by atoms with Crippen LogP contribution in [0.2, 0.25) is 0 Å². The van der Waals surface area contributed by atoms with Crippen molar-refractivity contribution in [1.82, 2.24) is 24.0 Å². The Morgan fingerprint density at radius 3 is 3.00 bits per heavy atom. The minimum absolute atomic E-state index is 0.157. The maximum atomic E-state index is 9.15. The molecule has 0 bridgehead atoms. The van der Waals surface area contributed by atoms with Crippen LogP contribution in [0.3, 0.4) is 0 Å². The number of ether oxygens (including phenoxy) is 1. The van der Waals surface area contributed by atoms with Gasteiger partial charge in [0.05, 0.1) is 25.2 Å². The van der Waals surface area contributed by atoms with E-state index >= 15 is 0 Å².